The maximum Gasteiger partial charge on any atom is 0.251 e. The first-order valence-electron chi connectivity index (χ1n) is 9.26. The van der Waals surface area contributed by atoms with E-state index in [1.165, 1.54) is 19.3 Å². The summed E-state index contributed by atoms with van der Waals surface area (Å²) in [6.07, 6.45) is 5.74. The zero-order valence-electron chi connectivity index (χ0n) is 15.5. The van der Waals surface area contributed by atoms with Gasteiger partial charge in [-0.2, -0.15) is 0 Å². The fraction of sp³-hybridized carbons (Fsp3) is 0.409. The molecule has 4 heteroatoms. The molecule has 0 saturated heterocycles. The molecule has 0 atom stereocenters. The van der Waals surface area contributed by atoms with E-state index in [1.807, 2.05) is 49.4 Å². The molecule has 0 heterocycles. The lowest BCUT2D eigenvalue weighted by Gasteiger charge is -2.34. The number of carbonyl (C=O) groups excluding carboxylic acids is 1. The fourth-order valence-electron chi connectivity index (χ4n) is 3.53. The van der Waals surface area contributed by atoms with Crippen LogP contribution in [0.5, 0.6) is 5.75 Å². The van der Waals surface area contributed by atoms with Gasteiger partial charge in [0.2, 0.25) is 0 Å². The SMILES string of the molecule is Cc1cc(C(=O)NC2(C)CCCCC2)ccc1OCc1ccccc1Cl. The molecule has 0 spiro atoms. The van der Waals surface area contributed by atoms with Gasteiger partial charge in [0.1, 0.15) is 12.4 Å². The summed E-state index contributed by atoms with van der Waals surface area (Å²) in [5.74, 6) is 0.764. The highest BCUT2D eigenvalue weighted by atomic mass is 35.5. The van der Waals surface area contributed by atoms with Crippen molar-refractivity contribution in [2.24, 2.45) is 0 Å². The Labute approximate surface area is 160 Å². The number of rotatable bonds is 5. The standard InChI is InChI=1S/C22H26ClNO2/c1-16-14-17(21(25)24-22(2)12-6-3-7-13-22)10-11-20(16)26-15-18-8-4-5-9-19(18)23/h4-5,8-11,14H,3,6-7,12-13,15H2,1-2H3,(H,24,25). The van der Waals surface area contributed by atoms with Gasteiger partial charge in [0.15, 0.2) is 0 Å². The number of nitrogens with one attached hydrogen (secondary N) is 1. The van der Waals surface area contributed by atoms with E-state index >= 15 is 0 Å². The van der Waals surface area contributed by atoms with E-state index in [4.69, 9.17) is 16.3 Å². The van der Waals surface area contributed by atoms with Crippen molar-refractivity contribution in [3.8, 4) is 5.75 Å². The van der Waals surface area contributed by atoms with Crippen molar-refractivity contribution in [1.82, 2.24) is 5.32 Å². The molecular weight excluding hydrogens is 346 g/mol. The second-order valence-electron chi connectivity index (χ2n) is 7.44. The largest absolute Gasteiger partial charge is 0.489 e. The van der Waals surface area contributed by atoms with Crippen LogP contribution < -0.4 is 10.1 Å². The fourth-order valence-corrected chi connectivity index (χ4v) is 3.72. The van der Waals surface area contributed by atoms with Crippen LogP contribution in [-0.4, -0.2) is 11.4 Å². The van der Waals surface area contributed by atoms with Gasteiger partial charge in [0.25, 0.3) is 5.91 Å². The normalized spacial score (nSPS) is 16.1. The van der Waals surface area contributed by atoms with E-state index in [0.29, 0.717) is 17.2 Å². The van der Waals surface area contributed by atoms with Crippen LogP contribution in [0.2, 0.25) is 5.02 Å². The minimum Gasteiger partial charge on any atom is -0.489 e. The summed E-state index contributed by atoms with van der Waals surface area (Å²) >= 11 is 6.17. The Morgan fingerprint density at radius 3 is 2.58 bits per heavy atom. The van der Waals surface area contributed by atoms with Gasteiger partial charge < -0.3 is 10.1 Å². The third-order valence-corrected chi connectivity index (χ3v) is 5.52. The average Bonchev–Trinajstić information content (AvgIpc) is 2.62. The van der Waals surface area contributed by atoms with Crippen LogP contribution in [0.1, 0.15) is 60.5 Å². The molecule has 2 aromatic rings. The summed E-state index contributed by atoms with van der Waals surface area (Å²) in [6.45, 7) is 4.52. The molecule has 0 aliphatic heterocycles. The molecule has 0 unspecified atom stereocenters. The number of amides is 1. The third-order valence-electron chi connectivity index (χ3n) is 5.15. The highest BCUT2D eigenvalue weighted by Gasteiger charge is 2.28. The topological polar surface area (TPSA) is 38.3 Å². The van der Waals surface area contributed by atoms with Crippen molar-refractivity contribution in [3.05, 3.63) is 64.2 Å². The molecule has 0 bridgehead atoms. The third kappa shape index (κ3) is 4.59. The summed E-state index contributed by atoms with van der Waals surface area (Å²) in [6, 6.07) is 13.2. The molecule has 26 heavy (non-hydrogen) atoms. The Bertz CT molecular complexity index is 781. The number of benzene rings is 2. The van der Waals surface area contributed by atoms with Gasteiger partial charge in [-0.25, -0.2) is 0 Å². The number of hydrogen-bond donors (Lipinski definition) is 1. The molecule has 138 valence electrons. The monoisotopic (exact) mass is 371 g/mol. The van der Waals surface area contributed by atoms with Crippen LogP contribution in [-0.2, 0) is 6.61 Å². The number of carbonyl (C=O) groups is 1. The highest BCUT2D eigenvalue weighted by molar-refractivity contribution is 6.31. The smallest absolute Gasteiger partial charge is 0.251 e. The number of aryl methyl sites for hydroxylation is 1. The van der Waals surface area contributed by atoms with Gasteiger partial charge in [-0.15, -0.1) is 0 Å². The Kier molecular flexibility index (Phi) is 5.87. The van der Waals surface area contributed by atoms with Crippen LogP contribution in [0.3, 0.4) is 0 Å². The van der Waals surface area contributed by atoms with Crippen molar-refractivity contribution in [1.29, 1.82) is 0 Å². The Balaban J connectivity index is 1.65. The van der Waals surface area contributed by atoms with Crippen molar-refractivity contribution in [2.45, 2.75) is 58.1 Å². The van der Waals surface area contributed by atoms with Gasteiger partial charge in [-0.3, -0.25) is 4.79 Å². The van der Waals surface area contributed by atoms with Gasteiger partial charge in [0.05, 0.1) is 0 Å². The van der Waals surface area contributed by atoms with Crippen molar-refractivity contribution < 1.29 is 9.53 Å². The van der Waals surface area contributed by atoms with Crippen LogP contribution in [0, 0.1) is 6.92 Å². The van der Waals surface area contributed by atoms with Crippen LogP contribution in [0.25, 0.3) is 0 Å². The van der Waals surface area contributed by atoms with Crippen LogP contribution in [0.4, 0.5) is 0 Å². The maximum atomic E-state index is 12.6. The van der Waals surface area contributed by atoms with Gasteiger partial charge in [-0.1, -0.05) is 49.1 Å². The van der Waals surface area contributed by atoms with Gasteiger partial charge >= 0.3 is 0 Å². The predicted octanol–water partition coefficient (Wildman–Crippen LogP) is 5.68. The number of halogens is 1. The van der Waals surface area contributed by atoms with E-state index in [0.717, 1.165) is 29.7 Å². The summed E-state index contributed by atoms with van der Waals surface area (Å²) in [7, 11) is 0. The maximum absolute atomic E-state index is 12.6. The molecular formula is C22H26ClNO2. The van der Waals surface area contributed by atoms with E-state index < -0.39 is 0 Å². The Hall–Kier alpha value is -2.00. The summed E-state index contributed by atoms with van der Waals surface area (Å²) in [5.41, 5.74) is 2.49. The molecule has 0 radical (unpaired) electrons. The predicted molar refractivity (Wildman–Crippen MR) is 106 cm³/mol. The molecule has 1 amide bonds. The Morgan fingerprint density at radius 2 is 1.88 bits per heavy atom. The van der Waals surface area contributed by atoms with Crippen molar-refractivity contribution in [2.75, 3.05) is 0 Å². The van der Waals surface area contributed by atoms with Crippen LogP contribution in [0.15, 0.2) is 42.5 Å². The second-order valence-corrected chi connectivity index (χ2v) is 7.84. The van der Waals surface area contributed by atoms with E-state index in [2.05, 4.69) is 12.2 Å². The number of hydrogen-bond acceptors (Lipinski definition) is 2. The summed E-state index contributed by atoms with van der Waals surface area (Å²) in [4.78, 5) is 12.6. The molecule has 1 aliphatic carbocycles. The zero-order chi connectivity index (χ0) is 18.6. The molecule has 3 nitrogen and oxygen atoms in total. The second kappa shape index (κ2) is 8.13. The summed E-state index contributed by atoms with van der Waals surface area (Å²) < 4.78 is 5.89. The van der Waals surface area contributed by atoms with Crippen molar-refractivity contribution >= 4 is 17.5 Å². The minimum absolute atomic E-state index is 0.00449. The molecule has 1 N–H and O–H groups in total. The lowest BCUT2D eigenvalue weighted by atomic mass is 9.83. The molecule has 1 fully saturated rings. The highest BCUT2D eigenvalue weighted by Crippen LogP contribution is 2.28. The average molecular weight is 372 g/mol. The number of ether oxygens (including phenoxy) is 1. The van der Waals surface area contributed by atoms with E-state index in [1.54, 1.807) is 0 Å². The zero-order valence-corrected chi connectivity index (χ0v) is 16.2. The first-order chi connectivity index (χ1) is 12.5. The van der Waals surface area contributed by atoms with E-state index in [-0.39, 0.29) is 11.4 Å². The molecule has 0 aromatic heterocycles. The molecule has 2 aromatic carbocycles. The Morgan fingerprint density at radius 1 is 1.15 bits per heavy atom. The lowest BCUT2D eigenvalue weighted by Crippen LogP contribution is -2.47. The first kappa shape index (κ1) is 18.8. The quantitative estimate of drug-likeness (QED) is 0.734. The first-order valence-corrected chi connectivity index (χ1v) is 9.64. The van der Waals surface area contributed by atoms with Crippen molar-refractivity contribution in [3.63, 3.8) is 0 Å². The summed E-state index contributed by atoms with van der Waals surface area (Å²) in [5, 5.41) is 3.92. The lowest BCUT2D eigenvalue weighted by molar-refractivity contribution is 0.0882. The molecule has 1 saturated carbocycles. The van der Waals surface area contributed by atoms with Gasteiger partial charge in [0, 0.05) is 21.7 Å². The van der Waals surface area contributed by atoms with E-state index in [9.17, 15) is 4.79 Å². The van der Waals surface area contributed by atoms with Crippen LogP contribution >= 0.6 is 11.6 Å². The molecule has 3 rings (SSSR count). The minimum atomic E-state index is -0.0809. The molecule has 1 aliphatic rings. The van der Waals surface area contributed by atoms with Gasteiger partial charge in [-0.05, 0) is 56.5 Å².